The number of morpholine rings is 1. The maximum Gasteiger partial charge on any atom is 0.262 e. The summed E-state index contributed by atoms with van der Waals surface area (Å²) in [6, 6.07) is 11.0. The van der Waals surface area contributed by atoms with Crippen LogP contribution in [0, 0.1) is 18.6 Å². The number of benzene rings is 3. The van der Waals surface area contributed by atoms with Crippen molar-refractivity contribution >= 4 is 39.0 Å². The number of ether oxygens (including phenoxy) is 2. The molecule has 0 saturated carbocycles. The Morgan fingerprint density at radius 2 is 1.54 bits per heavy atom. The Bertz CT molecular complexity index is 1680. The zero-order chi connectivity index (χ0) is 32.8. The minimum absolute atomic E-state index is 0.00595. The molecule has 2 aliphatic rings. The van der Waals surface area contributed by atoms with Crippen molar-refractivity contribution in [1.29, 1.82) is 0 Å². The Kier molecular flexibility index (Phi) is 11.0. The van der Waals surface area contributed by atoms with Crippen LogP contribution in [0.15, 0.2) is 59.5 Å². The van der Waals surface area contributed by atoms with Crippen LogP contribution in [0.25, 0.3) is 0 Å². The number of nitrogens with zero attached hydrogens (tertiary/aromatic N) is 3. The first-order valence-corrected chi connectivity index (χ1v) is 16.7. The largest absolute Gasteiger partial charge is 0.483 e. The molecular formula is C32H35ClF2N4O6S. The van der Waals surface area contributed by atoms with Gasteiger partial charge >= 0.3 is 0 Å². The van der Waals surface area contributed by atoms with E-state index >= 15 is 0 Å². The van der Waals surface area contributed by atoms with Gasteiger partial charge in [0.15, 0.2) is 12.4 Å². The first kappa shape index (κ1) is 33.9. The average molecular weight is 677 g/mol. The van der Waals surface area contributed by atoms with Gasteiger partial charge in [-0.05, 0) is 61.0 Å². The molecule has 2 saturated heterocycles. The van der Waals surface area contributed by atoms with Crippen molar-refractivity contribution in [3.63, 3.8) is 0 Å². The Labute approximate surface area is 271 Å². The molecule has 46 heavy (non-hydrogen) atoms. The van der Waals surface area contributed by atoms with Crippen LogP contribution in [0.3, 0.4) is 0 Å². The van der Waals surface area contributed by atoms with Gasteiger partial charge < -0.3 is 14.8 Å². The van der Waals surface area contributed by atoms with Gasteiger partial charge in [0.25, 0.3) is 5.91 Å². The van der Waals surface area contributed by atoms with Gasteiger partial charge in [-0.1, -0.05) is 11.6 Å². The van der Waals surface area contributed by atoms with Crippen molar-refractivity contribution in [2.75, 3.05) is 77.5 Å². The fourth-order valence-electron chi connectivity index (χ4n) is 5.36. The van der Waals surface area contributed by atoms with Gasteiger partial charge in [-0.2, -0.15) is 4.31 Å². The van der Waals surface area contributed by atoms with Gasteiger partial charge in [0.1, 0.15) is 17.4 Å². The molecule has 2 heterocycles. The van der Waals surface area contributed by atoms with Crippen LogP contribution >= 0.6 is 11.6 Å². The Balaban J connectivity index is 1.16. The average Bonchev–Trinajstić information content (AvgIpc) is 3.04. The van der Waals surface area contributed by atoms with Gasteiger partial charge in [0.2, 0.25) is 10.0 Å². The van der Waals surface area contributed by atoms with Crippen molar-refractivity contribution in [3.8, 4) is 5.75 Å². The molecule has 2 aliphatic heterocycles. The first-order chi connectivity index (χ1) is 22.0. The molecule has 0 atom stereocenters. The number of rotatable bonds is 11. The van der Waals surface area contributed by atoms with E-state index in [1.165, 1.54) is 40.7 Å². The topological polar surface area (TPSA) is 108 Å². The molecule has 246 valence electrons. The van der Waals surface area contributed by atoms with Crippen LogP contribution in [0.5, 0.6) is 5.75 Å². The lowest BCUT2D eigenvalue weighted by molar-refractivity contribution is -0.118. The normalized spacial score (nSPS) is 16.7. The number of sulfonamides is 1. The summed E-state index contributed by atoms with van der Waals surface area (Å²) >= 11 is 6.05. The van der Waals surface area contributed by atoms with E-state index in [0.29, 0.717) is 43.5 Å². The first-order valence-electron chi connectivity index (χ1n) is 14.9. The fraction of sp³-hybridized carbons (Fsp3) is 0.375. The van der Waals surface area contributed by atoms with E-state index in [9.17, 15) is 26.8 Å². The third-order valence-corrected chi connectivity index (χ3v) is 10.1. The molecule has 0 spiro atoms. The van der Waals surface area contributed by atoms with Crippen molar-refractivity contribution in [1.82, 2.24) is 14.1 Å². The summed E-state index contributed by atoms with van der Waals surface area (Å²) in [7, 11) is -3.73. The number of amides is 1. The Morgan fingerprint density at radius 3 is 2.20 bits per heavy atom. The fourth-order valence-corrected chi connectivity index (χ4v) is 7.04. The summed E-state index contributed by atoms with van der Waals surface area (Å²) < 4.78 is 66.7. The number of halogens is 3. The molecule has 0 bridgehead atoms. The molecule has 0 aliphatic carbocycles. The highest BCUT2D eigenvalue weighted by Crippen LogP contribution is 2.27. The molecule has 2 fully saturated rings. The van der Waals surface area contributed by atoms with Crippen LogP contribution in [0.4, 0.5) is 14.5 Å². The SMILES string of the molecule is Cc1cc(S(=O)(=O)N2CCN(CCN3CCOCC3)CC2)ccc1NC(=O)COc1ccc(Cl)cc1C(=O)c1cc(F)cc(F)c1. The van der Waals surface area contributed by atoms with Crippen LogP contribution < -0.4 is 10.1 Å². The number of aryl methyl sites for hydroxylation is 1. The molecule has 10 nitrogen and oxygen atoms in total. The predicted molar refractivity (Wildman–Crippen MR) is 169 cm³/mol. The van der Waals surface area contributed by atoms with E-state index < -0.39 is 40.0 Å². The van der Waals surface area contributed by atoms with Gasteiger partial charge in [-0.15, -0.1) is 0 Å². The highest BCUT2D eigenvalue weighted by molar-refractivity contribution is 7.89. The van der Waals surface area contributed by atoms with Gasteiger partial charge in [-0.25, -0.2) is 17.2 Å². The minimum Gasteiger partial charge on any atom is -0.483 e. The lowest BCUT2D eigenvalue weighted by atomic mass is 10.0. The maximum atomic E-state index is 13.7. The predicted octanol–water partition coefficient (Wildman–Crippen LogP) is 3.81. The molecule has 3 aromatic carbocycles. The van der Waals surface area contributed by atoms with Crippen LogP contribution in [-0.4, -0.2) is 106 Å². The zero-order valence-electron chi connectivity index (χ0n) is 25.3. The Hall–Kier alpha value is -3.46. The summed E-state index contributed by atoms with van der Waals surface area (Å²) in [5.74, 6) is -3.15. The monoisotopic (exact) mass is 676 g/mol. The van der Waals surface area contributed by atoms with E-state index in [1.807, 2.05) is 0 Å². The minimum atomic E-state index is -3.73. The van der Waals surface area contributed by atoms with Crippen molar-refractivity contribution in [3.05, 3.63) is 87.9 Å². The van der Waals surface area contributed by atoms with E-state index in [-0.39, 0.29) is 26.8 Å². The zero-order valence-corrected chi connectivity index (χ0v) is 26.9. The third kappa shape index (κ3) is 8.46. The lowest BCUT2D eigenvalue weighted by Gasteiger charge is -2.35. The van der Waals surface area contributed by atoms with Gasteiger partial charge in [-0.3, -0.25) is 19.4 Å². The quantitative estimate of drug-likeness (QED) is 0.306. The molecule has 3 aromatic rings. The number of hydrogen-bond donors (Lipinski definition) is 1. The number of hydrogen-bond acceptors (Lipinski definition) is 8. The Morgan fingerprint density at radius 1 is 0.891 bits per heavy atom. The summed E-state index contributed by atoms with van der Waals surface area (Å²) in [5, 5.41) is 2.88. The lowest BCUT2D eigenvalue weighted by Crippen LogP contribution is -2.50. The molecule has 0 unspecified atom stereocenters. The number of carbonyl (C=O) groups excluding carboxylic acids is 2. The van der Waals surface area contributed by atoms with Crippen LogP contribution in [-0.2, 0) is 19.6 Å². The van der Waals surface area contributed by atoms with Gasteiger partial charge in [0, 0.05) is 74.7 Å². The van der Waals surface area contributed by atoms with E-state index in [1.54, 1.807) is 6.92 Å². The summed E-state index contributed by atoms with van der Waals surface area (Å²) in [6.07, 6.45) is 0. The third-order valence-electron chi connectivity index (χ3n) is 7.95. The second kappa shape index (κ2) is 15.0. The van der Waals surface area contributed by atoms with E-state index in [2.05, 4.69) is 15.1 Å². The second-order valence-corrected chi connectivity index (χ2v) is 13.5. The van der Waals surface area contributed by atoms with E-state index in [4.69, 9.17) is 21.1 Å². The highest BCUT2D eigenvalue weighted by atomic mass is 35.5. The number of ketones is 1. The number of carbonyl (C=O) groups is 2. The van der Waals surface area contributed by atoms with Crippen molar-refractivity contribution in [2.45, 2.75) is 11.8 Å². The molecule has 0 radical (unpaired) electrons. The molecule has 14 heteroatoms. The summed E-state index contributed by atoms with van der Waals surface area (Å²) in [6.45, 7) is 8.42. The molecule has 5 rings (SSSR count). The summed E-state index contributed by atoms with van der Waals surface area (Å²) in [5.41, 5.74) is 0.608. The maximum absolute atomic E-state index is 13.7. The van der Waals surface area contributed by atoms with Crippen molar-refractivity contribution in [2.24, 2.45) is 0 Å². The smallest absolute Gasteiger partial charge is 0.262 e. The van der Waals surface area contributed by atoms with E-state index in [0.717, 1.165) is 51.5 Å². The highest BCUT2D eigenvalue weighted by Gasteiger charge is 2.29. The van der Waals surface area contributed by atoms with Crippen LogP contribution in [0.1, 0.15) is 21.5 Å². The molecule has 0 aromatic heterocycles. The van der Waals surface area contributed by atoms with Crippen molar-refractivity contribution < 1.29 is 36.3 Å². The second-order valence-electron chi connectivity index (χ2n) is 11.1. The van der Waals surface area contributed by atoms with Crippen LogP contribution in [0.2, 0.25) is 5.02 Å². The molecule has 1 N–H and O–H groups in total. The number of piperazine rings is 1. The van der Waals surface area contributed by atoms with Gasteiger partial charge in [0.05, 0.1) is 23.7 Å². The molecular weight excluding hydrogens is 642 g/mol. The number of anilines is 1. The summed E-state index contributed by atoms with van der Waals surface area (Å²) in [4.78, 5) is 30.5. The molecule has 1 amide bonds. The standard InChI is InChI=1S/C32H35ClF2N4O6S/c1-22-16-27(46(42,43)39-10-8-37(9-11-39)6-7-38-12-14-44-15-13-38)3-4-29(22)36-31(40)21-45-30-5-2-24(33)19-28(30)32(41)23-17-25(34)20-26(35)18-23/h2-5,16-20H,6-15,21H2,1H3,(H,36,40). The number of nitrogens with one attached hydrogen (secondary N) is 1.